The number of benzene rings is 3. The first-order valence-electron chi connectivity index (χ1n) is 10.00. The fraction of sp³-hybridized carbons (Fsp3) is 0.120. The number of fused-ring (bicyclic) bond motifs is 1. The van der Waals surface area contributed by atoms with E-state index in [1.165, 1.54) is 6.08 Å². The number of carbonyl (C=O) groups excluding carboxylic acids is 2. The minimum absolute atomic E-state index is 0.0358. The van der Waals surface area contributed by atoms with Crippen molar-refractivity contribution < 1.29 is 27.2 Å². The van der Waals surface area contributed by atoms with Gasteiger partial charge in [-0.15, -0.1) is 0 Å². The maximum Gasteiger partial charge on any atom is 0.399 e. The Morgan fingerprint density at radius 3 is 1.91 bits per heavy atom. The van der Waals surface area contributed by atoms with Gasteiger partial charge in [0.15, 0.2) is 5.82 Å². The molecule has 1 aliphatic heterocycles. The van der Waals surface area contributed by atoms with Crippen LogP contribution in [0.2, 0.25) is 10.0 Å². The molecule has 0 fully saturated rings. The molecule has 1 aliphatic rings. The highest BCUT2D eigenvalue weighted by molar-refractivity contribution is 6.35. The van der Waals surface area contributed by atoms with Crippen molar-refractivity contribution in [2.75, 3.05) is 0 Å². The summed E-state index contributed by atoms with van der Waals surface area (Å²) in [5, 5.41) is -0.995. The minimum Gasteiger partial charge on any atom is -0.270 e. The summed E-state index contributed by atoms with van der Waals surface area (Å²) >= 11 is 11.3. The van der Waals surface area contributed by atoms with Crippen LogP contribution in [0, 0.1) is 5.82 Å². The van der Waals surface area contributed by atoms with Gasteiger partial charge in [-0.1, -0.05) is 71.8 Å². The summed E-state index contributed by atoms with van der Waals surface area (Å²) in [5.74, 6) is -3.82. The first kappa shape index (κ1) is 24.0. The van der Waals surface area contributed by atoms with Crippen LogP contribution >= 0.6 is 23.2 Å². The molecule has 1 heterocycles. The highest BCUT2D eigenvalue weighted by atomic mass is 35.5. The monoisotopic (exact) mass is 507 g/mol. The number of hydrogen-bond acceptors (Lipinski definition) is 2. The molecule has 0 aliphatic carbocycles. The van der Waals surface area contributed by atoms with Gasteiger partial charge < -0.3 is 0 Å². The molecule has 0 radical (unpaired) electrons. The molecule has 3 aromatic rings. The van der Waals surface area contributed by atoms with E-state index in [1.54, 1.807) is 48.5 Å². The lowest BCUT2D eigenvalue weighted by Crippen LogP contribution is -2.29. The Kier molecular flexibility index (Phi) is 6.51. The van der Waals surface area contributed by atoms with E-state index >= 15 is 0 Å². The molecule has 3 nitrogen and oxygen atoms in total. The van der Waals surface area contributed by atoms with Crippen LogP contribution in [0.3, 0.4) is 0 Å². The number of alkyl halides is 3. The Morgan fingerprint density at radius 1 is 0.882 bits per heavy atom. The number of imide groups is 1. The average molecular weight is 508 g/mol. The van der Waals surface area contributed by atoms with E-state index in [1.807, 2.05) is 0 Å². The van der Waals surface area contributed by atoms with Crippen LogP contribution in [0.1, 0.15) is 43.3 Å². The summed E-state index contributed by atoms with van der Waals surface area (Å²) in [6.45, 7) is 0.0358. The van der Waals surface area contributed by atoms with Crippen molar-refractivity contribution in [3.8, 4) is 0 Å². The summed E-state index contributed by atoms with van der Waals surface area (Å²) < 4.78 is 54.6. The summed E-state index contributed by atoms with van der Waals surface area (Å²) in [4.78, 5) is 26.1. The van der Waals surface area contributed by atoms with Gasteiger partial charge >= 0.3 is 6.18 Å². The summed E-state index contributed by atoms with van der Waals surface area (Å²) in [6, 6.07) is 14.7. The highest BCUT2D eigenvalue weighted by Gasteiger charge is 2.39. The zero-order valence-electron chi connectivity index (χ0n) is 17.2. The second-order valence-corrected chi connectivity index (χ2v) is 8.47. The quantitative estimate of drug-likeness (QED) is 0.206. The van der Waals surface area contributed by atoms with Gasteiger partial charge in [0.25, 0.3) is 11.8 Å². The largest absolute Gasteiger partial charge is 0.399 e. The van der Waals surface area contributed by atoms with Crippen LogP contribution < -0.4 is 0 Å². The van der Waals surface area contributed by atoms with E-state index in [-0.39, 0.29) is 12.1 Å². The summed E-state index contributed by atoms with van der Waals surface area (Å²) in [6.07, 6.45) is -2.46. The second kappa shape index (κ2) is 9.24. The third kappa shape index (κ3) is 4.72. The maximum atomic E-state index is 13.6. The Labute approximate surface area is 202 Å². The van der Waals surface area contributed by atoms with Gasteiger partial charge in [-0.25, -0.2) is 4.39 Å². The number of hydrogen-bond donors (Lipinski definition) is 0. The van der Waals surface area contributed by atoms with E-state index in [9.17, 15) is 27.2 Å². The lowest BCUT2D eigenvalue weighted by molar-refractivity contribution is -0.139. The van der Waals surface area contributed by atoms with Crippen LogP contribution in [0.25, 0.3) is 6.08 Å². The van der Waals surface area contributed by atoms with Gasteiger partial charge in [0.1, 0.15) is 0 Å². The van der Waals surface area contributed by atoms with Crippen molar-refractivity contribution in [2.45, 2.75) is 18.6 Å². The number of halogens is 6. The van der Waals surface area contributed by atoms with Crippen molar-refractivity contribution in [3.05, 3.63) is 110 Å². The SMILES string of the molecule is O=C1c2ccccc2C(=O)N1Cc1ccc(/C=C/C(c2cc(Cl)c(F)c(Cl)c2)C(F)(F)F)cc1. The third-order valence-electron chi connectivity index (χ3n) is 5.40. The molecule has 0 saturated carbocycles. The topological polar surface area (TPSA) is 37.4 Å². The van der Waals surface area contributed by atoms with E-state index in [4.69, 9.17) is 23.2 Å². The zero-order chi connectivity index (χ0) is 24.6. The van der Waals surface area contributed by atoms with Crippen molar-refractivity contribution in [2.24, 2.45) is 0 Å². The van der Waals surface area contributed by atoms with Crippen LogP contribution in [0.15, 0.2) is 66.7 Å². The number of rotatable bonds is 5. The second-order valence-electron chi connectivity index (χ2n) is 7.66. The molecule has 0 N–H and O–H groups in total. The van der Waals surface area contributed by atoms with Gasteiger partial charge in [-0.3, -0.25) is 14.5 Å². The minimum atomic E-state index is -4.66. The van der Waals surface area contributed by atoms with Crippen molar-refractivity contribution in [1.82, 2.24) is 4.90 Å². The van der Waals surface area contributed by atoms with Gasteiger partial charge in [0, 0.05) is 0 Å². The van der Waals surface area contributed by atoms with Crippen LogP contribution in [-0.2, 0) is 6.54 Å². The molecule has 1 unspecified atom stereocenters. The lowest BCUT2D eigenvalue weighted by Gasteiger charge is -2.18. The average Bonchev–Trinajstić information content (AvgIpc) is 3.03. The molecule has 2 amide bonds. The number of amides is 2. The maximum absolute atomic E-state index is 13.6. The molecule has 0 spiro atoms. The molecule has 9 heteroatoms. The molecule has 174 valence electrons. The number of nitrogens with zero attached hydrogens (tertiary/aromatic N) is 1. The predicted molar refractivity (Wildman–Crippen MR) is 121 cm³/mol. The number of allylic oxidation sites excluding steroid dienone is 1. The molecule has 0 aromatic heterocycles. The van der Waals surface area contributed by atoms with Gasteiger partial charge in [-0.2, -0.15) is 13.2 Å². The van der Waals surface area contributed by atoms with Crippen molar-refractivity contribution >= 4 is 41.1 Å². The zero-order valence-corrected chi connectivity index (χ0v) is 18.8. The Balaban J connectivity index is 1.52. The van der Waals surface area contributed by atoms with Gasteiger partial charge in [0.05, 0.1) is 33.6 Å². The van der Waals surface area contributed by atoms with Crippen LogP contribution in [0.4, 0.5) is 17.6 Å². The lowest BCUT2D eigenvalue weighted by atomic mass is 9.97. The highest BCUT2D eigenvalue weighted by Crippen LogP contribution is 2.39. The molecule has 4 rings (SSSR count). The smallest absolute Gasteiger partial charge is 0.270 e. The summed E-state index contributed by atoms with van der Waals surface area (Å²) in [5.41, 5.74) is 1.48. The third-order valence-corrected chi connectivity index (χ3v) is 5.95. The van der Waals surface area contributed by atoms with Gasteiger partial charge in [0.2, 0.25) is 0 Å². The molecule has 0 bridgehead atoms. The first-order chi connectivity index (χ1) is 16.1. The van der Waals surface area contributed by atoms with Crippen molar-refractivity contribution in [3.63, 3.8) is 0 Å². The molecule has 1 atom stereocenters. The van der Waals surface area contributed by atoms with Crippen molar-refractivity contribution in [1.29, 1.82) is 0 Å². The van der Waals surface area contributed by atoms with Gasteiger partial charge in [-0.05, 0) is 41.0 Å². The van der Waals surface area contributed by atoms with E-state index in [0.29, 0.717) is 22.3 Å². The van der Waals surface area contributed by atoms with E-state index < -0.39 is 39.8 Å². The molecule has 3 aromatic carbocycles. The summed E-state index contributed by atoms with van der Waals surface area (Å²) in [7, 11) is 0. The first-order valence-corrected chi connectivity index (χ1v) is 10.8. The molecular formula is C25H15Cl2F4NO2. The van der Waals surface area contributed by atoms with Crippen LogP contribution in [0.5, 0.6) is 0 Å². The number of carbonyl (C=O) groups is 2. The van der Waals surface area contributed by atoms with E-state index in [2.05, 4.69) is 0 Å². The molecular weight excluding hydrogens is 493 g/mol. The van der Waals surface area contributed by atoms with E-state index in [0.717, 1.165) is 23.1 Å². The standard InChI is InChI=1S/C25H15Cl2F4NO2/c26-20-11-16(12-21(27)22(20)28)19(25(29,30)31)10-9-14-5-7-15(8-6-14)13-32-23(33)17-3-1-2-4-18(17)24(32)34/h1-12,19H,13H2/b10-9+. The fourth-order valence-corrected chi connectivity index (χ4v) is 4.17. The Bertz CT molecular complexity index is 1250. The Hall–Kier alpha value is -3.16. The predicted octanol–water partition coefficient (Wildman–Crippen LogP) is 7.29. The Morgan fingerprint density at radius 2 is 1.41 bits per heavy atom. The van der Waals surface area contributed by atoms with Crippen LogP contribution in [-0.4, -0.2) is 22.9 Å². The normalized spacial score (nSPS) is 14.7. The molecule has 0 saturated heterocycles. The fourth-order valence-electron chi connectivity index (χ4n) is 3.67. The molecule has 34 heavy (non-hydrogen) atoms.